The molecule has 1 rings (SSSR count). The van der Waals surface area contributed by atoms with Crippen molar-refractivity contribution in [2.24, 2.45) is 5.92 Å². The van der Waals surface area contributed by atoms with Gasteiger partial charge in [0.15, 0.2) is 0 Å². The first kappa shape index (κ1) is 17.3. The predicted molar refractivity (Wildman–Crippen MR) is 84.7 cm³/mol. The summed E-state index contributed by atoms with van der Waals surface area (Å²) in [6, 6.07) is 0. The lowest BCUT2D eigenvalue weighted by Gasteiger charge is -2.06. The molecule has 0 spiro atoms. The highest BCUT2D eigenvalue weighted by atomic mass is 16.5. The topological polar surface area (TPSA) is 26.3 Å². The number of allylic oxidation sites excluding steroid dienone is 2. The molecule has 2 nitrogen and oxygen atoms in total. The highest BCUT2D eigenvalue weighted by Crippen LogP contribution is 2.23. The van der Waals surface area contributed by atoms with Gasteiger partial charge in [-0.15, -0.1) is 0 Å². The van der Waals surface area contributed by atoms with E-state index < -0.39 is 0 Å². The average molecular weight is 280 g/mol. The molecular weight excluding hydrogens is 248 g/mol. The van der Waals surface area contributed by atoms with Gasteiger partial charge in [0.1, 0.15) is 0 Å². The first-order valence-corrected chi connectivity index (χ1v) is 8.65. The minimum Gasteiger partial charge on any atom is -0.466 e. The number of rotatable bonds is 12. The summed E-state index contributed by atoms with van der Waals surface area (Å²) < 4.78 is 4.91. The van der Waals surface area contributed by atoms with E-state index in [1.807, 2.05) is 6.92 Å². The van der Waals surface area contributed by atoms with Crippen LogP contribution in [0.15, 0.2) is 12.2 Å². The van der Waals surface area contributed by atoms with E-state index in [1.165, 1.54) is 64.2 Å². The normalized spacial score (nSPS) is 17.6. The fourth-order valence-corrected chi connectivity index (χ4v) is 2.91. The van der Waals surface area contributed by atoms with Gasteiger partial charge >= 0.3 is 5.97 Å². The van der Waals surface area contributed by atoms with Gasteiger partial charge in [-0.25, -0.2) is 0 Å². The molecule has 0 saturated heterocycles. The van der Waals surface area contributed by atoms with Gasteiger partial charge in [-0.05, 0) is 38.5 Å². The van der Waals surface area contributed by atoms with Crippen molar-refractivity contribution in [2.75, 3.05) is 6.61 Å². The lowest BCUT2D eigenvalue weighted by atomic mass is 9.99. The monoisotopic (exact) mass is 280 g/mol. The first-order chi connectivity index (χ1) is 9.83. The van der Waals surface area contributed by atoms with Crippen molar-refractivity contribution >= 4 is 5.97 Å². The third-order valence-corrected chi connectivity index (χ3v) is 4.12. The molecule has 1 unspecified atom stereocenters. The zero-order valence-electron chi connectivity index (χ0n) is 13.2. The molecule has 1 atom stereocenters. The second-order valence-electron chi connectivity index (χ2n) is 5.94. The van der Waals surface area contributed by atoms with Gasteiger partial charge in [0.25, 0.3) is 0 Å². The number of ether oxygens (including phenoxy) is 1. The van der Waals surface area contributed by atoms with Gasteiger partial charge in [-0.1, -0.05) is 57.1 Å². The smallest absolute Gasteiger partial charge is 0.305 e. The highest BCUT2D eigenvalue weighted by molar-refractivity contribution is 5.69. The van der Waals surface area contributed by atoms with Gasteiger partial charge < -0.3 is 4.74 Å². The van der Waals surface area contributed by atoms with E-state index in [4.69, 9.17) is 4.74 Å². The molecule has 20 heavy (non-hydrogen) atoms. The van der Waals surface area contributed by atoms with Crippen molar-refractivity contribution in [3.63, 3.8) is 0 Å². The van der Waals surface area contributed by atoms with E-state index in [-0.39, 0.29) is 5.97 Å². The lowest BCUT2D eigenvalue weighted by molar-refractivity contribution is -0.143. The maximum Gasteiger partial charge on any atom is 0.305 e. The van der Waals surface area contributed by atoms with Crippen molar-refractivity contribution in [3.8, 4) is 0 Å². The van der Waals surface area contributed by atoms with Crippen LogP contribution in [0, 0.1) is 5.92 Å². The molecule has 0 bridgehead atoms. The molecule has 0 radical (unpaired) electrons. The van der Waals surface area contributed by atoms with Crippen molar-refractivity contribution < 1.29 is 9.53 Å². The zero-order chi connectivity index (χ0) is 14.5. The van der Waals surface area contributed by atoms with Crippen LogP contribution in [-0.4, -0.2) is 12.6 Å². The Morgan fingerprint density at radius 1 is 1.05 bits per heavy atom. The molecule has 116 valence electrons. The van der Waals surface area contributed by atoms with Crippen LogP contribution in [0.3, 0.4) is 0 Å². The summed E-state index contributed by atoms with van der Waals surface area (Å²) >= 11 is 0. The summed E-state index contributed by atoms with van der Waals surface area (Å²) in [6.07, 6.45) is 19.7. The molecule has 0 aliphatic heterocycles. The molecule has 0 saturated carbocycles. The summed E-state index contributed by atoms with van der Waals surface area (Å²) in [6.45, 7) is 2.37. The van der Waals surface area contributed by atoms with Crippen LogP contribution in [0.5, 0.6) is 0 Å². The van der Waals surface area contributed by atoms with Crippen molar-refractivity contribution in [3.05, 3.63) is 12.2 Å². The minimum atomic E-state index is -0.0338. The number of unbranched alkanes of at least 4 members (excludes halogenated alkanes) is 7. The van der Waals surface area contributed by atoms with Crippen LogP contribution in [0.2, 0.25) is 0 Å². The first-order valence-electron chi connectivity index (χ1n) is 8.65. The van der Waals surface area contributed by atoms with E-state index in [0.717, 1.165) is 12.3 Å². The maximum atomic E-state index is 11.1. The molecule has 0 aromatic rings. The average Bonchev–Trinajstić information content (AvgIpc) is 2.94. The Bertz CT molecular complexity index is 271. The molecule has 0 aromatic carbocycles. The van der Waals surface area contributed by atoms with E-state index >= 15 is 0 Å². The number of esters is 1. The van der Waals surface area contributed by atoms with Crippen LogP contribution in [0.4, 0.5) is 0 Å². The summed E-state index contributed by atoms with van der Waals surface area (Å²) in [7, 11) is 0. The van der Waals surface area contributed by atoms with E-state index in [9.17, 15) is 4.79 Å². The van der Waals surface area contributed by atoms with Crippen LogP contribution < -0.4 is 0 Å². The zero-order valence-corrected chi connectivity index (χ0v) is 13.2. The molecule has 0 amide bonds. The van der Waals surface area contributed by atoms with E-state index in [0.29, 0.717) is 13.0 Å². The van der Waals surface area contributed by atoms with Gasteiger partial charge in [-0.3, -0.25) is 4.79 Å². The minimum absolute atomic E-state index is 0.0338. The Labute approximate surface area is 125 Å². The summed E-state index contributed by atoms with van der Waals surface area (Å²) in [4.78, 5) is 11.1. The van der Waals surface area contributed by atoms with E-state index in [2.05, 4.69) is 12.2 Å². The summed E-state index contributed by atoms with van der Waals surface area (Å²) in [5.74, 6) is 0.853. The quantitative estimate of drug-likeness (QED) is 0.271. The third kappa shape index (κ3) is 9.17. The van der Waals surface area contributed by atoms with Crippen molar-refractivity contribution in [2.45, 2.75) is 84.0 Å². The largest absolute Gasteiger partial charge is 0.466 e. The van der Waals surface area contributed by atoms with E-state index in [1.54, 1.807) is 0 Å². The summed E-state index contributed by atoms with van der Waals surface area (Å²) in [5.41, 5.74) is 0. The third-order valence-electron chi connectivity index (χ3n) is 4.12. The molecule has 0 heterocycles. The molecule has 0 N–H and O–H groups in total. The van der Waals surface area contributed by atoms with Crippen LogP contribution in [-0.2, 0) is 9.53 Å². The fraction of sp³-hybridized carbons (Fsp3) is 0.833. The molecule has 0 fully saturated rings. The Morgan fingerprint density at radius 3 is 2.30 bits per heavy atom. The predicted octanol–water partition coefficient (Wildman–Crippen LogP) is 5.42. The van der Waals surface area contributed by atoms with Gasteiger partial charge in [-0.2, -0.15) is 0 Å². The van der Waals surface area contributed by atoms with Crippen LogP contribution in [0.1, 0.15) is 84.0 Å². The number of hydrogen-bond donors (Lipinski definition) is 0. The molecular formula is C18H32O2. The Hall–Kier alpha value is -0.790. The Kier molecular flexibility index (Phi) is 10.3. The Balaban J connectivity index is 1.74. The SMILES string of the molecule is CCOC(=O)CCCCCCCCCCC1C=CCC1. The standard InChI is InChI=1S/C18H32O2/c1-2-20-18(19)16-10-8-6-4-3-5-7-9-13-17-14-11-12-15-17/h11,14,17H,2-10,12-13,15-16H2,1H3. The molecule has 1 aliphatic rings. The van der Waals surface area contributed by atoms with Gasteiger partial charge in [0, 0.05) is 6.42 Å². The van der Waals surface area contributed by atoms with Gasteiger partial charge in [0.2, 0.25) is 0 Å². The number of carbonyl (C=O) groups excluding carboxylic acids is 1. The molecule has 2 heteroatoms. The summed E-state index contributed by atoms with van der Waals surface area (Å²) in [5, 5.41) is 0. The van der Waals surface area contributed by atoms with Crippen LogP contribution in [0.25, 0.3) is 0 Å². The highest BCUT2D eigenvalue weighted by Gasteiger charge is 2.07. The number of hydrogen-bond acceptors (Lipinski definition) is 2. The maximum absolute atomic E-state index is 11.1. The van der Waals surface area contributed by atoms with Crippen molar-refractivity contribution in [1.29, 1.82) is 0 Å². The number of carbonyl (C=O) groups is 1. The lowest BCUT2D eigenvalue weighted by Crippen LogP contribution is -2.03. The van der Waals surface area contributed by atoms with Crippen LogP contribution >= 0.6 is 0 Å². The van der Waals surface area contributed by atoms with Crippen molar-refractivity contribution in [1.82, 2.24) is 0 Å². The molecule has 0 aromatic heterocycles. The fourth-order valence-electron chi connectivity index (χ4n) is 2.91. The second-order valence-corrected chi connectivity index (χ2v) is 5.94. The Morgan fingerprint density at radius 2 is 1.70 bits per heavy atom. The molecule has 1 aliphatic carbocycles. The second kappa shape index (κ2) is 12.0. The van der Waals surface area contributed by atoms with Gasteiger partial charge in [0.05, 0.1) is 6.61 Å².